The molecule has 0 saturated carbocycles. The van der Waals surface area contributed by atoms with Crippen molar-refractivity contribution in [1.82, 2.24) is 0 Å². The van der Waals surface area contributed by atoms with Gasteiger partial charge in [0.25, 0.3) is 0 Å². The van der Waals surface area contributed by atoms with Crippen molar-refractivity contribution < 1.29 is 9.90 Å². The van der Waals surface area contributed by atoms with Crippen LogP contribution >= 0.6 is 11.6 Å². The average Bonchev–Trinajstić information content (AvgIpc) is 2.17. The normalized spacial score (nSPS) is 9.67. The molecule has 0 unspecified atom stereocenters. The molecule has 0 fully saturated rings. The molecule has 0 aliphatic carbocycles. The monoisotopic (exact) mass is 223 g/mol. The molecule has 0 aromatic heterocycles. The first-order valence-electron chi connectivity index (χ1n) is 4.51. The van der Waals surface area contributed by atoms with Gasteiger partial charge < -0.3 is 5.11 Å². The highest BCUT2D eigenvalue weighted by Gasteiger charge is 2.10. The average molecular weight is 224 g/mol. The third-order valence-corrected chi connectivity index (χ3v) is 2.47. The van der Waals surface area contributed by atoms with Gasteiger partial charge in [0.1, 0.15) is 0 Å². The second-order valence-electron chi connectivity index (χ2n) is 3.14. The summed E-state index contributed by atoms with van der Waals surface area (Å²) in [6.45, 7) is 1.93. The molecule has 4 heteroatoms. The lowest BCUT2D eigenvalue weighted by molar-refractivity contribution is -0.136. The molecule has 0 spiro atoms. The van der Waals surface area contributed by atoms with Crippen molar-refractivity contribution in [1.29, 1.82) is 5.26 Å². The molecule has 0 atom stereocenters. The standard InChI is InChI=1S/C11H10ClNO2/c1-2-7-3-9(6-13)8(4-10(7)12)5-11(14)15/h3-4H,2,5H2,1H3,(H,14,15). The number of rotatable bonds is 3. The number of hydrogen-bond donors (Lipinski definition) is 1. The lowest BCUT2D eigenvalue weighted by Gasteiger charge is -2.06. The van der Waals surface area contributed by atoms with Crippen molar-refractivity contribution in [2.45, 2.75) is 19.8 Å². The Kier molecular flexibility index (Phi) is 3.70. The molecule has 0 bridgehead atoms. The summed E-state index contributed by atoms with van der Waals surface area (Å²) in [7, 11) is 0. The van der Waals surface area contributed by atoms with E-state index in [4.69, 9.17) is 22.0 Å². The maximum Gasteiger partial charge on any atom is 0.307 e. The van der Waals surface area contributed by atoms with Crippen LogP contribution in [0.2, 0.25) is 5.02 Å². The smallest absolute Gasteiger partial charge is 0.307 e. The highest BCUT2D eigenvalue weighted by molar-refractivity contribution is 6.31. The van der Waals surface area contributed by atoms with E-state index in [1.54, 1.807) is 12.1 Å². The third-order valence-electron chi connectivity index (χ3n) is 2.12. The molecule has 0 aliphatic rings. The second kappa shape index (κ2) is 4.81. The maximum absolute atomic E-state index is 10.6. The first-order chi connectivity index (χ1) is 7.08. The van der Waals surface area contributed by atoms with E-state index in [0.717, 1.165) is 12.0 Å². The van der Waals surface area contributed by atoms with Crippen LogP contribution in [0.15, 0.2) is 12.1 Å². The Morgan fingerprint density at radius 1 is 1.53 bits per heavy atom. The molecular weight excluding hydrogens is 214 g/mol. The number of nitriles is 1. The molecule has 0 aliphatic heterocycles. The molecule has 1 N–H and O–H groups in total. The fraction of sp³-hybridized carbons (Fsp3) is 0.273. The fourth-order valence-corrected chi connectivity index (χ4v) is 1.66. The van der Waals surface area contributed by atoms with Crippen LogP contribution in [0.3, 0.4) is 0 Å². The summed E-state index contributed by atoms with van der Waals surface area (Å²) in [6, 6.07) is 5.20. The Labute approximate surface area is 92.9 Å². The molecule has 1 aromatic rings. The van der Waals surface area contributed by atoms with Gasteiger partial charge in [-0.15, -0.1) is 0 Å². The number of carboxylic acids is 1. The number of hydrogen-bond acceptors (Lipinski definition) is 2. The van der Waals surface area contributed by atoms with E-state index >= 15 is 0 Å². The Morgan fingerprint density at radius 2 is 2.20 bits per heavy atom. The van der Waals surface area contributed by atoms with Gasteiger partial charge >= 0.3 is 5.97 Å². The van der Waals surface area contributed by atoms with Crippen LogP contribution in [0.25, 0.3) is 0 Å². The van der Waals surface area contributed by atoms with Crippen molar-refractivity contribution in [2.75, 3.05) is 0 Å². The number of carboxylic acid groups (broad SMARTS) is 1. The summed E-state index contributed by atoms with van der Waals surface area (Å²) in [5, 5.41) is 18.0. The molecule has 78 valence electrons. The zero-order valence-electron chi connectivity index (χ0n) is 8.25. The zero-order valence-corrected chi connectivity index (χ0v) is 9.01. The minimum atomic E-state index is -0.966. The summed E-state index contributed by atoms with van der Waals surface area (Å²) in [4.78, 5) is 10.6. The number of aryl methyl sites for hydroxylation is 1. The third kappa shape index (κ3) is 2.71. The quantitative estimate of drug-likeness (QED) is 0.856. The van der Waals surface area contributed by atoms with Crippen molar-refractivity contribution in [3.8, 4) is 6.07 Å². The predicted octanol–water partition coefficient (Wildman–Crippen LogP) is 2.40. The SMILES string of the molecule is CCc1cc(C#N)c(CC(=O)O)cc1Cl. The first-order valence-corrected chi connectivity index (χ1v) is 4.89. The van der Waals surface area contributed by atoms with Gasteiger partial charge in [-0.3, -0.25) is 4.79 Å². The van der Waals surface area contributed by atoms with Gasteiger partial charge in [-0.1, -0.05) is 18.5 Å². The topological polar surface area (TPSA) is 61.1 Å². The van der Waals surface area contributed by atoms with E-state index in [-0.39, 0.29) is 6.42 Å². The highest BCUT2D eigenvalue weighted by Crippen LogP contribution is 2.22. The largest absolute Gasteiger partial charge is 0.481 e. The Balaban J connectivity index is 3.22. The van der Waals surface area contributed by atoms with Crippen LogP contribution in [0, 0.1) is 11.3 Å². The summed E-state index contributed by atoms with van der Waals surface area (Å²) in [5.41, 5.74) is 1.72. The Hall–Kier alpha value is -1.53. The predicted molar refractivity (Wildman–Crippen MR) is 56.9 cm³/mol. The molecule has 1 rings (SSSR count). The number of carbonyl (C=O) groups is 1. The number of halogens is 1. The van der Waals surface area contributed by atoms with E-state index in [2.05, 4.69) is 0 Å². The van der Waals surface area contributed by atoms with Gasteiger partial charge in [-0.05, 0) is 29.7 Å². The van der Waals surface area contributed by atoms with Crippen molar-refractivity contribution in [3.63, 3.8) is 0 Å². The second-order valence-corrected chi connectivity index (χ2v) is 3.54. The van der Waals surface area contributed by atoms with Gasteiger partial charge in [0.05, 0.1) is 18.1 Å². The Morgan fingerprint density at radius 3 is 2.67 bits per heavy atom. The Bertz CT molecular complexity index is 435. The zero-order chi connectivity index (χ0) is 11.4. The van der Waals surface area contributed by atoms with E-state index < -0.39 is 5.97 Å². The minimum absolute atomic E-state index is 0.174. The van der Waals surface area contributed by atoms with Crippen LogP contribution in [0.1, 0.15) is 23.6 Å². The van der Waals surface area contributed by atoms with Crippen LogP contribution in [-0.2, 0) is 17.6 Å². The van der Waals surface area contributed by atoms with Gasteiger partial charge in [-0.25, -0.2) is 0 Å². The van der Waals surface area contributed by atoms with Crippen LogP contribution < -0.4 is 0 Å². The summed E-state index contributed by atoms with van der Waals surface area (Å²) in [6.07, 6.45) is 0.549. The summed E-state index contributed by atoms with van der Waals surface area (Å²) >= 11 is 5.94. The molecule has 0 heterocycles. The molecule has 15 heavy (non-hydrogen) atoms. The van der Waals surface area contributed by atoms with Crippen molar-refractivity contribution in [2.24, 2.45) is 0 Å². The van der Waals surface area contributed by atoms with E-state index in [1.165, 1.54) is 0 Å². The minimum Gasteiger partial charge on any atom is -0.481 e. The summed E-state index contributed by atoms with van der Waals surface area (Å²) < 4.78 is 0. The number of benzene rings is 1. The van der Waals surface area contributed by atoms with Crippen LogP contribution in [-0.4, -0.2) is 11.1 Å². The molecule has 1 aromatic carbocycles. The van der Waals surface area contributed by atoms with Crippen molar-refractivity contribution >= 4 is 17.6 Å². The molecule has 0 amide bonds. The molecule has 3 nitrogen and oxygen atoms in total. The number of aliphatic carboxylic acids is 1. The lowest BCUT2D eigenvalue weighted by atomic mass is 10.0. The van der Waals surface area contributed by atoms with E-state index in [1.807, 2.05) is 13.0 Å². The van der Waals surface area contributed by atoms with Gasteiger partial charge in [0, 0.05) is 5.02 Å². The van der Waals surface area contributed by atoms with Crippen LogP contribution in [0.5, 0.6) is 0 Å². The molecular formula is C11H10ClNO2. The maximum atomic E-state index is 10.6. The summed E-state index contributed by atoms with van der Waals surface area (Å²) in [5.74, 6) is -0.966. The number of nitrogens with zero attached hydrogens (tertiary/aromatic N) is 1. The first kappa shape index (κ1) is 11.5. The van der Waals surface area contributed by atoms with E-state index in [0.29, 0.717) is 16.1 Å². The molecule has 0 saturated heterocycles. The van der Waals surface area contributed by atoms with Gasteiger partial charge in [0.2, 0.25) is 0 Å². The van der Waals surface area contributed by atoms with Crippen molar-refractivity contribution in [3.05, 3.63) is 33.8 Å². The van der Waals surface area contributed by atoms with Gasteiger partial charge in [-0.2, -0.15) is 5.26 Å². The van der Waals surface area contributed by atoms with Gasteiger partial charge in [0.15, 0.2) is 0 Å². The lowest BCUT2D eigenvalue weighted by Crippen LogP contribution is -2.03. The van der Waals surface area contributed by atoms with E-state index in [9.17, 15) is 4.79 Å². The fourth-order valence-electron chi connectivity index (χ4n) is 1.34. The highest BCUT2D eigenvalue weighted by atomic mass is 35.5. The molecule has 0 radical (unpaired) electrons. The van der Waals surface area contributed by atoms with Crippen LogP contribution in [0.4, 0.5) is 0 Å².